The van der Waals surface area contributed by atoms with Crippen LogP contribution in [0.3, 0.4) is 0 Å². The third-order valence-corrected chi connectivity index (χ3v) is 3.48. The maximum atomic E-state index is 9.43. The van der Waals surface area contributed by atoms with Crippen molar-refractivity contribution < 1.29 is 5.11 Å². The molecule has 0 aliphatic heterocycles. The van der Waals surface area contributed by atoms with Crippen molar-refractivity contribution in [3.63, 3.8) is 0 Å². The van der Waals surface area contributed by atoms with E-state index in [1.807, 2.05) is 38.1 Å². The Hall–Kier alpha value is -2.47. The second-order valence-electron chi connectivity index (χ2n) is 4.82. The van der Waals surface area contributed by atoms with Crippen LogP contribution in [-0.2, 0) is 0 Å². The quantitative estimate of drug-likeness (QED) is 0.741. The van der Waals surface area contributed by atoms with Gasteiger partial charge in [-0.15, -0.1) is 0 Å². The van der Waals surface area contributed by atoms with Crippen LogP contribution < -0.4 is 4.90 Å². The van der Waals surface area contributed by atoms with Crippen molar-refractivity contribution in [3.8, 4) is 5.69 Å². The van der Waals surface area contributed by atoms with Gasteiger partial charge in [0.25, 0.3) is 0 Å². The van der Waals surface area contributed by atoms with E-state index in [1.54, 1.807) is 15.8 Å². The predicted octanol–water partition coefficient (Wildman–Crippen LogP) is 1.90. The average molecular weight is 283 g/mol. The maximum absolute atomic E-state index is 9.43. The highest BCUT2D eigenvalue weighted by Crippen LogP contribution is 2.24. The number of aliphatic hydroxyl groups excluding tert-OH is 1. The van der Waals surface area contributed by atoms with Crippen LogP contribution in [0.25, 0.3) is 16.7 Å². The van der Waals surface area contributed by atoms with Gasteiger partial charge in [0.1, 0.15) is 18.9 Å². The van der Waals surface area contributed by atoms with Crippen molar-refractivity contribution in [2.75, 3.05) is 18.2 Å². The van der Waals surface area contributed by atoms with E-state index in [1.165, 1.54) is 11.9 Å². The van der Waals surface area contributed by atoms with Crippen molar-refractivity contribution in [1.29, 1.82) is 0 Å². The third kappa shape index (κ3) is 2.34. The molecule has 0 saturated heterocycles. The van der Waals surface area contributed by atoms with Gasteiger partial charge in [0.2, 0.25) is 0 Å². The Bertz CT molecular complexity index is 746. The minimum absolute atomic E-state index is 0.0850. The molecule has 21 heavy (non-hydrogen) atoms. The molecule has 0 fully saturated rings. The van der Waals surface area contributed by atoms with Gasteiger partial charge in [-0.25, -0.2) is 14.6 Å². The van der Waals surface area contributed by atoms with E-state index in [4.69, 9.17) is 0 Å². The summed E-state index contributed by atoms with van der Waals surface area (Å²) in [5.74, 6) is 0.698. The Morgan fingerprint density at radius 3 is 2.62 bits per heavy atom. The molecule has 0 amide bonds. The number of hydrogen-bond acceptors (Lipinski definition) is 5. The molecule has 6 nitrogen and oxygen atoms in total. The topological polar surface area (TPSA) is 67.1 Å². The summed E-state index contributed by atoms with van der Waals surface area (Å²) in [4.78, 5) is 10.4. The molecule has 108 valence electrons. The number of hydrogen-bond donors (Lipinski definition) is 1. The Labute approximate surface area is 122 Å². The lowest BCUT2D eigenvalue weighted by molar-refractivity contribution is 0.292. The highest BCUT2D eigenvalue weighted by Gasteiger charge is 2.14. The number of aryl methyl sites for hydroxylation is 1. The smallest absolute Gasteiger partial charge is 0.168 e. The number of anilines is 1. The average Bonchev–Trinajstić information content (AvgIpc) is 2.94. The SMILES string of the molecule is CCN(CO)c1ncnc2c1cnn2-c1ccc(C)cc1. The number of nitrogens with zero attached hydrogens (tertiary/aromatic N) is 5. The lowest BCUT2D eigenvalue weighted by Crippen LogP contribution is -2.24. The summed E-state index contributed by atoms with van der Waals surface area (Å²) in [7, 11) is 0. The predicted molar refractivity (Wildman–Crippen MR) is 81.5 cm³/mol. The lowest BCUT2D eigenvalue weighted by Gasteiger charge is -2.18. The molecule has 0 unspecified atom stereocenters. The molecule has 1 aromatic carbocycles. The van der Waals surface area contributed by atoms with Crippen LogP contribution in [-0.4, -0.2) is 38.1 Å². The van der Waals surface area contributed by atoms with E-state index in [2.05, 4.69) is 15.1 Å². The van der Waals surface area contributed by atoms with Crippen LogP contribution in [0.15, 0.2) is 36.8 Å². The molecular formula is C15H17N5O. The van der Waals surface area contributed by atoms with Crippen molar-refractivity contribution in [2.45, 2.75) is 13.8 Å². The molecule has 0 bridgehead atoms. The largest absolute Gasteiger partial charge is 0.376 e. The van der Waals surface area contributed by atoms with Gasteiger partial charge in [0, 0.05) is 6.54 Å². The number of benzene rings is 1. The van der Waals surface area contributed by atoms with E-state index in [-0.39, 0.29) is 6.73 Å². The minimum atomic E-state index is -0.0850. The number of aromatic nitrogens is 4. The van der Waals surface area contributed by atoms with Crippen molar-refractivity contribution in [1.82, 2.24) is 19.7 Å². The van der Waals surface area contributed by atoms with Gasteiger partial charge in [-0.3, -0.25) is 0 Å². The molecule has 3 rings (SSSR count). The fourth-order valence-electron chi connectivity index (χ4n) is 2.28. The van der Waals surface area contributed by atoms with Gasteiger partial charge in [-0.05, 0) is 26.0 Å². The van der Waals surface area contributed by atoms with Gasteiger partial charge in [-0.2, -0.15) is 5.10 Å². The van der Waals surface area contributed by atoms with Gasteiger partial charge in [0.05, 0.1) is 17.3 Å². The molecular weight excluding hydrogens is 266 g/mol. The normalized spacial score (nSPS) is 11.0. The number of aliphatic hydroxyl groups is 1. The molecule has 0 spiro atoms. The fraction of sp³-hybridized carbons (Fsp3) is 0.267. The Kier molecular flexibility index (Phi) is 3.53. The summed E-state index contributed by atoms with van der Waals surface area (Å²) in [6, 6.07) is 8.09. The van der Waals surface area contributed by atoms with Crippen LogP contribution in [0.5, 0.6) is 0 Å². The summed E-state index contributed by atoms with van der Waals surface area (Å²) in [6.07, 6.45) is 3.24. The minimum Gasteiger partial charge on any atom is -0.376 e. The van der Waals surface area contributed by atoms with Crippen molar-refractivity contribution in [3.05, 3.63) is 42.4 Å². The van der Waals surface area contributed by atoms with Crippen LogP contribution in [0, 0.1) is 6.92 Å². The molecule has 0 aliphatic carbocycles. The van der Waals surface area contributed by atoms with Gasteiger partial charge < -0.3 is 10.0 Å². The monoisotopic (exact) mass is 283 g/mol. The highest BCUT2D eigenvalue weighted by molar-refractivity contribution is 5.87. The second kappa shape index (κ2) is 5.49. The van der Waals surface area contributed by atoms with Gasteiger partial charge >= 0.3 is 0 Å². The zero-order chi connectivity index (χ0) is 14.8. The second-order valence-corrected chi connectivity index (χ2v) is 4.82. The number of rotatable bonds is 4. The van der Waals surface area contributed by atoms with E-state index in [9.17, 15) is 5.11 Å². The van der Waals surface area contributed by atoms with Crippen molar-refractivity contribution in [2.24, 2.45) is 0 Å². The van der Waals surface area contributed by atoms with E-state index < -0.39 is 0 Å². The summed E-state index contributed by atoms with van der Waals surface area (Å²) in [5, 5.41) is 14.7. The molecule has 3 aromatic rings. The standard InChI is InChI=1S/C15H17N5O/c1-3-19(10-21)14-13-8-18-20(15(13)17-9-16-14)12-6-4-11(2)5-7-12/h4-9,21H,3,10H2,1-2H3. The first kappa shape index (κ1) is 13.5. The van der Waals surface area contributed by atoms with Crippen LogP contribution in [0.4, 0.5) is 5.82 Å². The summed E-state index contributed by atoms with van der Waals surface area (Å²) in [6.45, 7) is 4.59. The molecule has 6 heteroatoms. The van der Waals surface area contributed by atoms with E-state index in [0.717, 1.165) is 16.7 Å². The first-order valence-electron chi connectivity index (χ1n) is 6.86. The highest BCUT2D eigenvalue weighted by atomic mass is 16.3. The van der Waals surface area contributed by atoms with Crippen LogP contribution in [0.1, 0.15) is 12.5 Å². The fourth-order valence-corrected chi connectivity index (χ4v) is 2.28. The Morgan fingerprint density at radius 2 is 1.95 bits per heavy atom. The lowest BCUT2D eigenvalue weighted by atomic mass is 10.2. The summed E-state index contributed by atoms with van der Waals surface area (Å²) < 4.78 is 1.78. The first-order chi connectivity index (χ1) is 10.2. The van der Waals surface area contributed by atoms with Crippen molar-refractivity contribution >= 4 is 16.9 Å². The molecule has 1 N–H and O–H groups in total. The Balaban J connectivity index is 2.15. The van der Waals surface area contributed by atoms with Gasteiger partial charge in [0.15, 0.2) is 5.65 Å². The molecule has 0 aliphatic rings. The molecule has 0 atom stereocenters. The molecule has 2 heterocycles. The number of fused-ring (bicyclic) bond motifs is 1. The molecule has 2 aromatic heterocycles. The molecule has 0 saturated carbocycles. The van der Waals surface area contributed by atoms with E-state index >= 15 is 0 Å². The summed E-state index contributed by atoms with van der Waals surface area (Å²) in [5.41, 5.74) is 2.88. The maximum Gasteiger partial charge on any atom is 0.168 e. The zero-order valence-electron chi connectivity index (χ0n) is 12.1. The molecule has 0 radical (unpaired) electrons. The van der Waals surface area contributed by atoms with E-state index in [0.29, 0.717) is 12.4 Å². The Morgan fingerprint density at radius 1 is 1.19 bits per heavy atom. The first-order valence-corrected chi connectivity index (χ1v) is 6.86. The van der Waals surface area contributed by atoms with Gasteiger partial charge in [-0.1, -0.05) is 17.7 Å². The van der Waals surface area contributed by atoms with Crippen LogP contribution in [0.2, 0.25) is 0 Å². The van der Waals surface area contributed by atoms with Crippen LogP contribution >= 0.6 is 0 Å². The third-order valence-electron chi connectivity index (χ3n) is 3.48. The zero-order valence-corrected chi connectivity index (χ0v) is 12.1. The summed E-state index contributed by atoms with van der Waals surface area (Å²) >= 11 is 0.